The van der Waals surface area contributed by atoms with Crippen molar-refractivity contribution in [3.8, 4) is 5.88 Å². The van der Waals surface area contributed by atoms with E-state index in [1.54, 1.807) is 6.92 Å². The van der Waals surface area contributed by atoms with Crippen LogP contribution in [0.4, 0.5) is 27.8 Å². The lowest BCUT2D eigenvalue weighted by Crippen LogP contribution is -2.24. The summed E-state index contributed by atoms with van der Waals surface area (Å²) in [5.74, 6) is -0.00727. The molecule has 0 unspecified atom stereocenters. The molecule has 5 nitrogen and oxygen atoms in total. The first-order chi connectivity index (χ1) is 11.7. The van der Waals surface area contributed by atoms with Gasteiger partial charge in [0.2, 0.25) is 5.88 Å². The Kier molecular flexibility index (Phi) is 5.93. The molecule has 2 aromatic heterocycles. The number of pyridine rings is 1. The molecule has 0 aliphatic rings. The number of nitrogens with zero attached hydrogens (tertiary/aromatic N) is 3. The molecule has 0 aromatic carbocycles. The van der Waals surface area contributed by atoms with Crippen LogP contribution in [0, 0.1) is 0 Å². The molecular formula is C14H12ClF5N4O. The fourth-order valence-electron chi connectivity index (χ4n) is 1.76. The van der Waals surface area contributed by atoms with E-state index >= 15 is 0 Å². The lowest BCUT2D eigenvalue weighted by atomic mass is 10.3. The number of ether oxygens (including phenoxy) is 1. The third kappa shape index (κ3) is 5.12. The molecule has 1 atom stereocenters. The van der Waals surface area contributed by atoms with Crippen molar-refractivity contribution in [2.45, 2.75) is 25.6 Å². The molecule has 2 rings (SSSR count). The minimum absolute atomic E-state index is 0.00259. The summed E-state index contributed by atoms with van der Waals surface area (Å²) >= 11 is 5.78. The molecule has 0 spiro atoms. The number of hydrogen-bond donors (Lipinski definition) is 1. The van der Waals surface area contributed by atoms with Gasteiger partial charge in [-0.05, 0) is 13.0 Å². The van der Waals surface area contributed by atoms with E-state index in [0.717, 1.165) is 18.5 Å². The second-order valence-electron chi connectivity index (χ2n) is 4.91. The van der Waals surface area contributed by atoms with E-state index in [9.17, 15) is 22.0 Å². The molecule has 0 fully saturated rings. The van der Waals surface area contributed by atoms with Crippen molar-refractivity contribution < 1.29 is 26.7 Å². The Bertz CT molecular complexity index is 711. The van der Waals surface area contributed by atoms with E-state index < -0.39 is 30.0 Å². The summed E-state index contributed by atoms with van der Waals surface area (Å²) in [6, 6.07) is 1.94. The number of nitrogens with one attached hydrogen (secondary N) is 1. The minimum Gasteiger partial charge on any atom is -0.473 e. The van der Waals surface area contributed by atoms with Gasteiger partial charge in [0.15, 0.2) is 0 Å². The highest BCUT2D eigenvalue weighted by molar-refractivity contribution is 6.33. The quantitative estimate of drug-likeness (QED) is 0.752. The maximum absolute atomic E-state index is 12.7. The molecule has 0 bridgehead atoms. The van der Waals surface area contributed by atoms with Crippen molar-refractivity contribution in [2.24, 2.45) is 0 Å². The highest BCUT2D eigenvalue weighted by atomic mass is 35.5. The van der Waals surface area contributed by atoms with E-state index in [2.05, 4.69) is 20.3 Å². The highest BCUT2D eigenvalue weighted by Gasteiger charge is 2.30. The van der Waals surface area contributed by atoms with Gasteiger partial charge in [0.05, 0.1) is 12.1 Å². The first-order valence-corrected chi connectivity index (χ1v) is 7.28. The maximum atomic E-state index is 12.7. The molecule has 25 heavy (non-hydrogen) atoms. The van der Waals surface area contributed by atoms with Gasteiger partial charge >= 0.3 is 6.18 Å². The Hall–Kier alpha value is -2.23. The summed E-state index contributed by atoms with van der Waals surface area (Å²) in [5, 5.41) is 2.41. The minimum atomic E-state index is -4.48. The van der Waals surface area contributed by atoms with Crippen LogP contribution in [0.15, 0.2) is 24.7 Å². The Morgan fingerprint density at radius 2 is 1.92 bits per heavy atom. The molecule has 11 heteroatoms. The van der Waals surface area contributed by atoms with Gasteiger partial charge in [-0.25, -0.2) is 23.7 Å². The van der Waals surface area contributed by atoms with Crippen molar-refractivity contribution in [3.63, 3.8) is 0 Å². The Morgan fingerprint density at radius 1 is 1.20 bits per heavy atom. The van der Waals surface area contributed by atoms with Crippen LogP contribution >= 0.6 is 11.6 Å². The second-order valence-corrected chi connectivity index (χ2v) is 5.29. The average molecular weight is 383 g/mol. The van der Waals surface area contributed by atoms with E-state index in [0.29, 0.717) is 6.20 Å². The molecule has 1 N–H and O–H groups in total. The zero-order valence-electron chi connectivity index (χ0n) is 12.7. The molecule has 0 saturated heterocycles. The van der Waals surface area contributed by atoms with E-state index in [1.807, 2.05) is 0 Å². The highest BCUT2D eigenvalue weighted by Crippen LogP contribution is 2.30. The van der Waals surface area contributed by atoms with Gasteiger partial charge in [0.1, 0.15) is 29.0 Å². The van der Waals surface area contributed by atoms with Crippen LogP contribution in [0.3, 0.4) is 0 Å². The predicted molar refractivity (Wildman–Crippen MR) is 79.8 cm³/mol. The fourth-order valence-corrected chi connectivity index (χ4v) is 2.01. The standard InChI is InChI=1S/C14H12ClF5N4O/c1-7(25-9-3-2-8(5-21-9)14(18,19)20)4-22-13-10(15)11(12(16)17)23-6-24-13/h2-3,5-7,12H,4H2,1H3,(H,22,23,24)/t7-/m1/s1. The predicted octanol–water partition coefficient (Wildman–Crippen LogP) is 4.36. The molecule has 2 heterocycles. The van der Waals surface area contributed by atoms with E-state index in [-0.39, 0.29) is 23.3 Å². The molecule has 0 amide bonds. The van der Waals surface area contributed by atoms with E-state index in [4.69, 9.17) is 16.3 Å². The Morgan fingerprint density at radius 3 is 2.48 bits per heavy atom. The van der Waals surface area contributed by atoms with Gasteiger partial charge < -0.3 is 10.1 Å². The summed E-state index contributed by atoms with van der Waals surface area (Å²) in [6.07, 6.45) is -6.28. The summed E-state index contributed by atoms with van der Waals surface area (Å²) < 4.78 is 68.1. The molecule has 0 aliphatic heterocycles. The molecule has 136 valence electrons. The van der Waals surface area contributed by atoms with Crippen LogP contribution in [-0.2, 0) is 6.18 Å². The Balaban J connectivity index is 1.95. The summed E-state index contributed by atoms with van der Waals surface area (Å²) in [5.41, 5.74) is -1.49. The van der Waals surface area contributed by atoms with Gasteiger partial charge in [-0.15, -0.1) is 0 Å². The number of alkyl halides is 5. The summed E-state index contributed by atoms with van der Waals surface area (Å²) in [4.78, 5) is 10.7. The zero-order chi connectivity index (χ0) is 18.6. The number of rotatable bonds is 6. The second kappa shape index (κ2) is 7.77. The lowest BCUT2D eigenvalue weighted by Gasteiger charge is -2.16. The van der Waals surface area contributed by atoms with Gasteiger partial charge in [-0.3, -0.25) is 0 Å². The third-order valence-electron chi connectivity index (χ3n) is 2.97. The van der Waals surface area contributed by atoms with Crippen molar-refractivity contribution in [3.05, 3.63) is 40.9 Å². The first-order valence-electron chi connectivity index (χ1n) is 6.90. The summed E-state index contributed by atoms with van der Waals surface area (Å²) in [7, 11) is 0. The number of aromatic nitrogens is 3. The monoisotopic (exact) mass is 382 g/mol. The molecule has 0 aliphatic carbocycles. The van der Waals surface area contributed by atoms with Gasteiger partial charge in [-0.2, -0.15) is 13.2 Å². The van der Waals surface area contributed by atoms with Crippen LogP contribution in [0.5, 0.6) is 5.88 Å². The molecular weight excluding hydrogens is 371 g/mol. The smallest absolute Gasteiger partial charge is 0.417 e. The molecule has 0 radical (unpaired) electrons. The van der Waals surface area contributed by atoms with Crippen molar-refractivity contribution in [1.82, 2.24) is 15.0 Å². The van der Waals surface area contributed by atoms with Gasteiger partial charge in [-0.1, -0.05) is 11.6 Å². The first kappa shape index (κ1) is 19.1. The number of hydrogen-bond acceptors (Lipinski definition) is 5. The zero-order valence-corrected chi connectivity index (χ0v) is 13.4. The van der Waals surface area contributed by atoms with Gasteiger partial charge in [0.25, 0.3) is 6.43 Å². The van der Waals surface area contributed by atoms with Crippen LogP contribution in [0.1, 0.15) is 24.6 Å². The topological polar surface area (TPSA) is 59.9 Å². The van der Waals surface area contributed by atoms with Crippen molar-refractivity contribution in [1.29, 1.82) is 0 Å². The molecule has 0 saturated carbocycles. The van der Waals surface area contributed by atoms with Crippen LogP contribution in [0.25, 0.3) is 0 Å². The summed E-state index contributed by atoms with van der Waals surface area (Å²) in [6.45, 7) is 1.71. The van der Waals surface area contributed by atoms with Crippen LogP contribution in [0.2, 0.25) is 5.02 Å². The van der Waals surface area contributed by atoms with Crippen molar-refractivity contribution >= 4 is 17.4 Å². The van der Waals surface area contributed by atoms with Gasteiger partial charge in [0, 0.05) is 12.3 Å². The average Bonchev–Trinajstić information content (AvgIpc) is 2.53. The third-order valence-corrected chi connectivity index (χ3v) is 3.34. The Labute approximate surface area is 144 Å². The molecule has 2 aromatic rings. The van der Waals surface area contributed by atoms with Crippen LogP contribution in [-0.4, -0.2) is 27.6 Å². The maximum Gasteiger partial charge on any atom is 0.417 e. The van der Waals surface area contributed by atoms with Crippen LogP contribution < -0.4 is 10.1 Å². The fraction of sp³-hybridized carbons (Fsp3) is 0.357. The van der Waals surface area contributed by atoms with Crippen molar-refractivity contribution in [2.75, 3.05) is 11.9 Å². The lowest BCUT2D eigenvalue weighted by molar-refractivity contribution is -0.137. The number of anilines is 1. The normalized spacial score (nSPS) is 13.0. The largest absolute Gasteiger partial charge is 0.473 e. The van der Waals surface area contributed by atoms with E-state index in [1.165, 1.54) is 0 Å². The SMILES string of the molecule is C[C@H](CNc1ncnc(C(F)F)c1Cl)Oc1ccc(C(F)(F)F)cn1. The number of halogens is 6.